The Labute approximate surface area is 196 Å². The van der Waals surface area contributed by atoms with Gasteiger partial charge in [-0.25, -0.2) is 9.67 Å². The first-order valence-electron chi connectivity index (χ1n) is 9.99. The summed E-state index contributed by atoms with van der Waals surface area (Å²) in [5, 5.41) is 11.6. The third-order valence-corrected chi connectivity index (χ3v) is 5.66. The van der Waals surface area contributed by atoms with Crippen LogP contribution in [0.1, 0.15) is 28.5 Å². The maximum Gasteiger partial charge on any atom is 0.416 e. The van der Waals surface area contributed by atoms with E-state index in [1.807, 2.05) is 0 Å². The van der Waals surface area contributed by atoms with Gasteiger partial charge < -0.3 is 5.32 Å². The highest BCUT2D eigenvalue weighted by Gasteiger charge is 2.30. The van der Waals surface area contributed by atoms with Crippen LogP contribution < -0.4 is 10.6 Å². The Balaban J connectivity index is 1.50. The maximum atomic E-state index is 13.0. The third kappa shape index (κ3) is 4.99. The summed E-state index contributed by atoms with van der Waals surface area (Å²) >= 11 is 1.23. The number of nitrogens with zero attached hydrogens (tertiary/aromatic N) is 3. The number of rotatable bonds is 5. The highest BCUT2D eigenvalue weighted by atomic mass is 32.1. The Kier molecular flexibility index (Phi) is 6.20. The van der Waals surface area contributed by atoms with Crippen molar-refractivity contribution < 1.29 is 22.8 Å². The van der Waals surface area contributed by atoms with Gasteiger partial charge in [0, 0.05) is 23.6 Å². The number of carbonyl (C=O) groups is 2. The molecule has 0 aliphatic carbocycles. The summed E-state index contributed by atoms with van der Waals surface area (Å²) in [6.45, 7) is 3.03. The largest absolute Gasteiger partial charge is 0.416 e. The summed E-state index contributed by atoms with van der Waals surface area (Å²) in [4.78, 5) is 28.3. The van der Waals surface area contributed by atoms with Crippen molar-refractivity contribution >= 4 is 34.0 Å². The van der Waals surface area contributed by atoms with Gasteiger partial charge in [-0.2, -0.15) is 18.3 Å². The van der Waals surface area contributed by atoms with Gasteiger partial charge in [0.1, 0.15) is 0 Å². The van der Waals surface area contributed by atoms with E-state index in [4.69, 9.17) is 0 Å². The minimum atomic E-state index is -4.48. The molecule has 11 heteroatoms. The SMILES string of the molecule is CC(=O)Nc1ccc(-c2csc(NC(=O)c3cnn(-c4cccc(C(F)(F)F)c4)c3C)n2)cc1. The Bertz CT molecular complexity index is 1360. The molecule has 4 rings (SSSR count). The lowest BCUT2D eigenvalue weighted by atomic mass is 10.1. The summed E-state index contributed by atoms with van der Waals surface area (Å²) < 4.78 is 40.4. The lowest BCUT2D eigenvalue weighted by Crippen LogP contribution is -2.13. The zero-order chi connectivity index (χ0) is 24.5. The van der Waals surface area contributed by atoms with E-state index in [0.717, 1.165) is 17.7 Å². The van der Waals surface area contributed by atoms with Crippen LogP contribution in [0.15, 0.2) is 60.1 Å². The maximum absolute atomic E-state index is 13.0. The van der Waals surface area contributed by atoms with Crippen LogP contribution in [0.4, 0.5) is 24.0 Å². The second kappa shape index (κ2) is 9.10. The second-order valence-corrected chi connectivity index (χ2v) is 8.21. The van der Waals surface area contributed by atoms with Gasteiger partial charge in [-0.05, 0) is 37.3 Å². The molecule has 2 amide bonds. The summed E-state index contributed by atoms with van der Waals surface area (Å²) in [5.41, 5.74) is 2.12. The number of aromatic nitrogens is 3. The van der Waals surface area contributed by atoms with Crippen molar-refractivity contribution in [3.05, 3.63) is 76.9 Å². The van der Waals surface area contributed by atoms with E-state index in [0.29, 0.717) is 22.2 Å². The second-order valence-electron chi connectivity index (χ2n) is 7.35. The Morgan fingerprint density at radius 1 is 1.06 bits per heavy atom. The molecular weight excluding hydrogens is 467 g/mol. The van der Waals surface area contributed by atoms with Gasteiger partial charge in [0.25, 0.3) is 5.91 Å². The quantitative estimate of drug-likeness (QED) is 0.389. The fourth-order valence-electron chi connectivity index (χ4n) is 3.26. The van der Waals surface area contributed by atoms with Gasteiger partial charge in [-0.15, -0.1) is 11.3 Å². The van der Waals surface area contributed by atoms with Gasteiger partial charge in [0.15, 0.2) is 5.13 Å². The molecule has 0 aliphatic heterocycles. The van der Waals surface area contributed by atoms with Crippen molar-refractivity contribution in [3.8, 4) is 16.9 Å². The number of nitrogens with one attached hydrogen (secondary N) is 2. The molecule has 174 valence electrons. The van der Waals surface area contributed by atoms with Crippen LogP contribution in [0, 0.1) is 6.92 Å². The lowest BCUT2D eigenvalue weighted by molar-refractivity contribution is -0.137. The molecule has 2 aromatic carbocycles. The van der Waals surface area contributed by atoms with E-state index in [-0.39, 0.29) is 17.2 Å². The third-order valence-electron chi connectivity index (χ3n) is 4.90. The van der Waals surface area contributed by atoms with Gasteiger partial charge in [-0.3, -0.25) is 14.9 Å². The minimum absolute atomic E-state index is 0.168. The van der Waals surface area contributed by atoms with Crippen molar-refractivity contribution in [2.75, 3.05) is 10.6 Å². The molecule has 0 atom stereocenters. The molecule has 34 heavy (non-hydrogen) atoms. The number of thiazole rings is 1. The van der Waals surface area contributed by atoms with Gasteiger partial charge in [0.2, 0.25) is 5.91 Å². The molecule has 0 radical (unpaired) electrons. The molecule has 0 bridgehead atoms. The number of carbonyl (C=O) groups excluding carboxylic acids is 2. The number of hydrogen-bond donors (Lipinski definition) is 2. The first-order chi connectivity index (χ1) is 16.1. The van der Waals surface area contributed by atoms with Crippen molar-refractivity contribution in [2.45, 2.75) is 20.0 Å². The van der Waals surface area contributed by atoms with Crippen LogP contribution in [0.25, 0.3) is 16.9 Å². The normalized spacial score (nSPS) is 11.3. The smallest absolute Gasteiger partial charge is 0.326 e. The predicted octanol–water partition coefficient (Wildman–Crippen LogP) is 5.53. The summed E-state index contributed by atoms with van der Waals surface area (Å²) in [5.74, 6) is -0.643. The fraction of sp³-hybridized carbons (Fsp3) is 0.130. The molecule has 0 saturated carbocycles. The summed E-state index contributed by atoms with van der Waals surface area (Å²) in [6.07, 6.45) is -3.18. The number of anilines is 2. The van der Waals surface area contributed by atoms with Gasteiger partial charge >= 0.3 is 6.18 Å². The van der Waals surface area contributed by atoms with Crippen molar-refractivity contribution in [3.63, 3.8) is 0 Å². The average Bonchev–Trinajstić information content (AvgIpc) is 3.40. The zero-order valence-corrected chi connectivity index (χ0v) is 18.8. The molecular formula is C23H18F3N5O2S. The first kappa shape index (κ1) is 23.2. The van der Waals surface area contributed by atoms with Crippen LogP contribution in [-0.2, 0) is 11.0 Å². The van der Waals surface area contributed by atoms with Crippen molar-refractivity contribution in [1.29, 1.82) is 0 Å². The highest BCUT2D eigenvalue weighted by molar-refractivity contribution is 7.14. The van der Waals surface area contributed by atoms with Crippen LogP contribution in [-0.4, -0.2) is 26.6 Å². The van der Waals surface area contributed by atoms with E-state index in [1.54, 1.807) is 36.6 Å². The molecule has 2 N–H and O–H groups in total. The standard InChI is InChI=1S/C23H18F3N5O2S/c1-13-19(11-27-31(13)18-5-3-4-16(10-18)23(24,25)26)21(33)30-22-29-20(12-34-22)15-6-8-17(9-7-15)28-14(2)32/h3-12H,1-2H3,(H,28,32)(H,29,30,33). The average molecular weight is 485 g/mol. The number of hydrogen-bond acceptors (Lipinski definition) is 5. The van der Waals surface area contributed by atoms with Crippen LogP contribution in [0.2, 0.25) is 0 Å². The van der Waals surface area contributed by atoms with Crippen LogP contribution in [0.5, 0.6) is 0 Å². The number of alkyl halides is 3. The lowest BCUT2D eigenvalue weighted by Gasteiger charge is -2.10. The number of benzene rings is 2. The zero-order valence-electron chi connectivity index (χ0n) is 18.0. The highest BCUT2D eigenvalue weighted by Crippen LogP contribution is 2.31. The minimum Gasteiger partial charge on any atom is -0.326 e. The molecule has 0 aliphatic rings. The van der Waals surface area contributed by atoms with E-state index in [9.17, 15) is 22.8 Å². The molecule has 2 heterocycles. The summed E-state index contributed by atoms with van der Waals surface area (Å²) in [6, 6.07) is 11.8. The van der Waals surface area contributed by atoms with Crippen LogP contribution >= 0.6 is 11.3 Å². The number of amides is 2. The van der Waals surface area contributed by atoms with Crippen molar-refractivity contribution in [1.82, 2.24) is 14.8 Å². The topological polar surface area (TPSA) is 88.9 Å². The van der Waals surface area contributed by atoms with E-state index >= 15 is 0 Å². The van der Waals surface area contributed by atoms with Crippen LogP contribution in [0.3, 0.4) is 0 Å². The van der Waals surface area contributed by atoms with Gasteiger partial charge in [-0.1, -0.05) is 18.2 Å². The van der Waals surface area contributed by atoms with E-state index in [1.165, 1.54) is 41.3 Å². The Morgan fingerprint density at radius 3 is 2.47 bits per heavy atom. The monoisotopic (exact) mass is 485 g/mol. The summed E-state index contributed by atoms with van der Waals surface area (Å²) in [7, 11) is 0. The van der Waals surface area contributed by atoms with Crippen molar-refractivity contribution in [2.24, 2.45) is 0 Å². The molecule has 7 nitrogen and oxygen atoms in total. The molecule has 0 unspecified atom stereocenters. The van der Waals surface area contributed by atoms with E-state index < -0.39 is 17.6 Å². The predicted molar refractivity (Wildman–Crippen MR) is 123 cm³/mol. The van der Waals surface area contributed by atoms with Gasteiger partial charge in [0.05, 0.1) is 34.4 Å². The number of halogens is 3. The molecule has 2 aromatic heterocycles. The van der Waals surface area contributed by atoms with E-state index in [2.05, 4.69) is 20.7 Å². The first-order valence-corrected chi connectivity index (χ1v) is 10.9. The fourth-order valence-corrected chi connectivity index (χ4v) is 3.98. The molecule has 0 saturated heterocycles. The molecule has 4 aromatic rings. The molecule has 0 fully saturated rings. The Morgan fingerprint density at radius 2 is 1.79 bits per heavy atom. The Hall–Kier alpha value is -3.99. The molecule has 0 spiro atoms.